The Hall–Kier alpha value is -1.33. The fraction of sp³-hybridized carbons (Fsp3) is 0.889. The molecule has 0 aliphatic heterocycles. The molecular weight excluding hydrogens is 311 g/mol. The third kappa shape index (κ3) is 5.64. The SMILES string of the molecule is CCOC(=O)C(F)CCCCNC(=O)NC1(CC2C[C@@H]2C)CCC1. The van der Waals surface area contributed by atoms with Gasteiger partial charge in [-0.15, -0.1) is 0 Å². The first-order valence-electron chi connectivity index (χ1n) is 9.32. The van der Waals surface area contributed by atoms with Crippen molar-refractivity contribution in [3.63, 3.8) is 0 Å². The van der Waals surface area contributed by atoms with Crippen LogP contribution in [0.4, 0.5) is 9.18 Å². The van der Waals surface area contributed by atoms with Crippen LogP contribution in [0.5, 0.6) is 0 Å². The van der Waals surface area contributed by atoms with Gasteiger partial charge in [-0.25, -0.2) is 14.0 Å². The standard InChI is InChI=1S/C18H31FN2O3/c1-3-24-16(22)15(19)7-4-5-10-20-17(23)21-18(8-6-9-18)12-14-11-13(14)2/h13-15H,3-12H2,1-2H3,(H2,20,21,23)/t13-,14?,15?/m0/s1. The smallest absolute Gasteiger partial charge is 0.340 e. The van der Waals surface area contributed by atoms with E-state index in [-0.39, 0.29) is 24.6 Å². The second kappa shape index (κ2) is 8.67. The Balaban J connectivity index is 1.55. The van der Waals surface area contributed by atoms with E-state index in [4.69, 9.17) is 0 Å². The number of urea groups is 1. The van der Waals surface area contributed by atoms with E-state index in [1.54, 1.807) is 6.92 Å². The lowest BCUT2D eigenvalue weighted by atomic mass is 9.73. The van der Waals surface area contributed by atoms with Crippen molar-refractivity contribution in [3.8, 4) is 0 Å². The van der Waals surface area contributed by atoms with E-state index >= 15 is 0 Å². The first kappa shape index (κ1) is 19.0. The summed E-state index contributed by atoms with van der Waals surface area (Å²) in [6.45, 7) is 4.62. The third-order valence-corrected chi connectivity index (χ3v) is 5.33. The minimum absolute atomic E-state index is 0.00740. The lowest BCUT2D eigenvalue weighted by Crippen LogP contribution is -2.56. The monoisotopic (exact) mass is 342 g/mol. The number of esters is 1. The highest BCUT2D eigenvalue weighted by molar-refractivity contribution is 5.75. The summed E-state index contributed by atoms with van der Waals surface area (Å²) in [6, 6.07) is -0.120. The number of unbranched alkanes of at least 4 members (excludes halogenated alkanes) is 1. The summed E-state index contributed by atoms with van der Waals surface area (Å²) in [7, 11) is 0. The minimum Gasteiger partial charge on any atom is -0.464 e. The topological polar surface area (TPSA) is 67.4 Å². The maximum atomic E-state index is 13.4. The van der Waals surface area contributed by atoms with Crippen LogP contribution >= 0.6 is 0 Å². The van der Waals surface area contributed by atoms with Gasteiger partial charge in [-0.05, 0) is 70.1 Å². The van der Waals surface area contributed by atoms with Crippen LogP contribution in [0.15, 0.2) is 0 Å². The molecule has 3 atom stereocenters. The van der Waals surface area contributed by atoms with Crippen LogP contribution < -0.4 is 10.6 Å². The van der Waals surface area contributed by atoms with Crippen LogP contribution in [0.25, 0.3) is 0 Å². The summed E-state index contributed by atoms with van der Waals surface area (Å²) < 4.78 is 18.1. The molecule has 2 N–H and O–H groups in total. The Morgan fingerprint density at radius 1 is 1.33 bits per heavy atom. The zero-order valence-corrected chi connectivity index (χ0v) is 14.9. The zero-order chi connectivity index (χ0) is 17.6. The van der Waals surface area contributed by atoms with Crippen LogP contribution in [-0.4, -0.2) is 36.9 Å². The molecule has 2 unspecified atom stereocenters. The molecule has 0 heterocycles. The first-order valence-corrected chi connectivity index (χ1v) is 9.32. The fourth-order valence-electron chi connectivity index (χ4n) is 3.46. The van der Waals surface area contributed by atoms with Crippen molar-refractivity contribution in [2.45, 2.75) is 76.9 Å². The number of rotatable bonds is 10. The molecule has 2 saturated carbocycles. The van der Waals surface area contributed by atoms with Gasteiger partial charge in [0.05, 0.1) is 6.61 Å². The average molecular weight is 342 g/mol. The number of ether oxygens (including phenoxy) is 1. The van der Waals surface area contributed by atoms with E-state index < -0.39 is 12.1 Å². The van der Waals surface area contributed by atoms with Crippen LogP contribution in [0.2, 0.25) is 0 Å². The van der Waals surface area contributed by atoms with E-state index in [1.165, 1.54) is 12.8 Å². The summed E-state index contributed by atoms with van der Waals surface area (Å²) in [6.07, 6.45) is 5.52. The normalized spacial score (nSPS) is 25.3. The predicted molar refractivity (Wildman–Crippen MR) is 90.4 cm³/mol. The van der Waals surface area contributed by atoms with Crippen LogP contribution in [0, 0.1) is 11.8 Å². The van der Waals surface area contributed by atoms with Gasteiger partial charge in [0.2, 0.25) is 0 Å². The van der Waals surface area contributed by atoms with Gasteiger partial charge >= 0.3 is 12.0 Å². The molecule has 0 bridgehead atoms. The molecule has 2 fully saturated rings. The Labute approximate surface area is 144 Å². The number of hydrogen-bond acceptors (Lipinski definition) is 3. The van der Waals surface area contributed by atoms with Crippen LogP contribution in [0.3, 0.4) is 0 Å². The predicted octanol–water partition coefficient (Wildman–Crippen LogP) is 3.33. The average Bonchev–Trinajstić information content (AvgIpc) is 3.19. The van der Waals surface area contributed by atoms with E-state index in [9.17, 15) is 14.0 Å². The van der Waals surface area contributed by atoms with E-state index in [0.29, 0.717) is 19.4 Å². The molecule has 0 aromatic heterocycles. The Kier molecular flexibility index (Phi) is 6.87. The largest absolute Gasteiger partial charge is 0.464 e. The van der Waals surface area contributed by atoms with Crippen molar-refractivity contribution in [1.82, 2.24) is 10.6 Å². The highest BCUT2D eigenvalue weighted by atomic mass is 19.1. The van der Waals surface area contributed by atoms with Crippen molar-refractivity contribution in [3.05, 3.63) is 0 Å². The molecule has 2 aliphatic rings. The molecule has 0 spiro atoms. The molecule has 2 amide bonds. The number of amides is 2. The molecule has 24 heavy (non-hydrogen) atoms. The second-order valence-electron chi connectivity index (χ2n) is 7.41. The molecule has 2 aliphatic carbocycles. The van der Waals surface area contributed by atoms with Crippen molar-refractivity contribution >= 4 is 12.0 Å². The van der Waals surface area contributed by atoms with Gasteiger partial charge in [0.15, 0.2) is 6.17 Å². The highest BCUT2D eigenvalue weighted by Gasteiger charge is 2.45. The van der Waals surface area contributed by atoms with Gasteiger partial charge in [0.25, 0.3) is 0 Å². The Morgan fingerprint density at radius 2 is 2.04 bits per heavy atom. The fourth-order valence-corrected chi connectivity index (χ4v) is 3.46. The molecule has 2 rings (SSSR count). The molecule has 6 heteroatoms. The summed E-state index contributed by atoms with van der Waals surface area (Å²) in [5.74, 6) is 0.791. The molecule has 0 saturated heterocycles. The summed E-state index contributed by atoms with van der Waals surface area (Å²) in [5, 5.41) is 6.01. The number of nitrogens with one attached hydrogen (secondary N) is 2. The molecule has 0 aromatic rings. The van der Waals surface area contributed by atoms with Crippen molar-refractivity contribution in [2.24, 2.45) is 11.8 Å². The van der Waals surface area contributed by atoms with Gasteiger partial charge in [-0.2, -0.15) is 0 Å². The number of carbonyl (C=O) groups is 2. The lowest BCUT2D eigenvalue weighted by molar-refractivity contribution is -0.149. The van der Waals surface area contributed by atoms with Gasteiger partial charge in [-0.1, -0.05) is 6.92 Å². The number of hydrogen-bond donors (Lipinski definition) is 2. The lowest BCUT2D eigenvalue weighted by Gasteiger charge is -2.43. The molecule has 5 nitrogen and oxygen atoms in total. The van der Waals surface area contributed by atoms with Gasteiger partial charge in [-0.3, -0.25) is 0 Å². The van der Waals surface area contributed by atoms with Gasteiger partial charge in [0.1, 0.15) is 0 Å². The summed E-state index contributed by atoms with van der Waals surface area (Å²) in [5.41, 5.74) is 0.00740. The van der Waals surface area contributed by atoms with E-state index in [1.807, 2.05) is 0 Å². The minimum atomic E-state index is -1.56. The number of halogens is 1. The van der Waals surface area contributed by atoms with Gasteiger partial charge in [0, 0.05) is 12.1 Å². The van der Waals surface area contributed by atoms with E-state index in [2.05, 4.69) is 22.3 Å². The molecule has 138 valence electrons. The van der Waals surface area contributed by atoms with E-state index in [0.717, 1.165) is 31.1 Å². The Bertz CT molecular complexity index is 440. The van der Waals surface area contributed by atoms with Crippen LogP contribution in [-0.2, 0) is 9.53 Å². The first-order chi connectivity index (χ1) is 11.5. The van der Waals surface area contributed by atoms with Crippen LogP contribution in [0.1, 0.15) is 65.2 Å². The van der Waals surface area contributed by atoms with Crippen molar-refractivity contribution in [2.75, 3.05) is 13.2 Å². The zero-order valence-electron chi connectivity index (χ0n) is 14.9. The van der Waals surface area contributed by atoms with Crippen molar-refractivity contribution < 1.29 is 18.7 Å². The Morgan fingerprint density at radius 3 is 2.58 bits per heavy atom. The summed E-state index contributed by atoms with van der Waals surface area (Å²) in [4.78, 5) is 23.2. The molecular formula is C18H31FN2O3. The van der Waals surface area contributed by atoms with Crippen molar-refractivity contribution in [1.29, 1.82) is 0 Å². The van der Waals surface area contributed by atoms with Gasteiger partial charge < -0.3 is 15.4 Å². The summed E-state index contributed by atoms with van der Waals surface area (Å²) >= 11 is 0. The quantitative estimate of drug-likeness (QED) is 0.473. The maximum Gasteiger partial charge on any atom is 0.340 e. The molecule has 0 aromatic carbocycles. The number of alkyl halides is 1. The number of carbonyl (C=O) groups excluding carboxylic acids is 2. The maximum absolute atomic E-state index is 13.4. The molecule has 0 radical (unpaired) electrons. The second-order valence-corrected chi connectivity index (χ2v) is 7.41. The highest BCUT2D eigenvalue weighted by Crippen LogP contribution is 2.48. The third-order valence-electron chi connectivity index (χ3n) is 5.33.